The SMILES string of the molecule is C[C@@H](CCC(=O)[C@@H](C)C1C(=O)CC2C3CCC4CC(O[C@@H]5OC(COC(=O)c6ccccc6)[C@@H](O)C(OC(=O)c6ccccc6)C5O)CCC4(C)C3CCC21C)CO[C@@H]1OCC[C@@H](OC(=O)c2ccccc2)C(OC(=O)c2ccccc2)C1OC(=O)c1ccccc1. The summed E-state index contributed by atoms with van der Waals surface area (Å²) in [4.78, 5) is 96.7. The largest absolute Gasteiger partial charge is 0.459 e. The number of benzene rings is 5. The Morgan fingerprint density at radius 2 is 1.08 bits per heavy atom. The number of fused-ring (bicyclic) bond motifs is 5. The lowest BCUT2D eigenvalue weighted by atomic mass is 9.44. The molecular weight excluding hydrogens is 1180 g/mol. The highest BCUT2D eigenvalue weighted by Crippen LogP contribution is 2.68. The van der Waals surface area contributed by atoms with Crippen molar-refractivity contribution >= 4 is 41.4 Å². The van der Waals surface area contributed by atoms with Crippen molar-refractivity contribution in [2.24, 2.45) is 52.3 Å². The Hall–Kier alpha value is -7.45. The maximum atomic E-state index is 14.5. The predicted molar refractivity (Wildman–Crippen MR) is 333 cm³/mol. The van der Waals surface area contributed by atoms with Gasteiger partial charge in [0.25, 0.3) is 0 Å². The topological polar surface area (TPSA) is 243 Å². The zero-order chi connectivity index (χ0) is 64.7. The van der Waals surface area contributed by atoms with Crippen molar-refractivity contribution in [3.05, 3.63) is 179 Å². The number of ketones is 2. The second kappa shape index (κ2) is 29.2. The van der Waals surface area contributed by atoms with Gasteiger partial charge in [0.15, 0.2) is 30.9 Å². The molecular formula is C74H84O18. The molecule has 0 spiro atoms. The van der Waals surface area contributed by atoms with Crippen LogP contribution in [-0.4, -0.2) is 133 Å². The Morgan fingerprint density at radius 3 is 1.64 bits per heavy atom. The normalized spacial score (nSPS) is 32.4. The van der Waals surface area contributed by atoms with E-state index in [-0.39, 0.29) is 94.6 Å². The summed E-state index contributed by atoms with van der Waals surface area (Å²) in [7, 11) is 0. The zero-order valence-corrected chi connectivity index (χ0v) is 52.6. The summed E-state index contributed by atoms with van der Waals surface area (Å²) in [5, 5.41) is 23.3. The minimum absolute atomic E-state index is 0.00584. The molecule has 2 heterocycles. The van der Waals surface area contributed by atoms with Gasteiger partial charge in [-0.1, -0.05) is 119 Å². The fourth-order valence-electron chi connectivity index (χ4n) is 16.0. The molecule has 488 valence electrons. The first kappa shape index (κ1) is 66.0. The highest BCUT2D eigenvalue weighted by molar-refractivity contribution is 5.93. The maximum absolute atomic E-state index is 14.5. The van der Waals surface area contributed by atoms with Crippen LogP contribution in [0.1, 0.15) is 150 Å². The maximum Gasteiger partial charge on any atom is 0.338 e. The third-order valence-corrected chi connectivity index (χ3v) is 21.0. The summed E-state index contributed by atoms with van der Waals surface area (Å²) < 4.78 is 55.4. The number of ether oxygens (including phenoxy) is 9. The first-order valence-corrected chi connectivity index (χ1v) is 32.6. The van der Waals surface area contributed by atoms with E-state index < -0.39 is 104 Å². The second-order valence-electron chi connectivity index (χ2n) is 26.6. The summed E-state index contributed by atoms with van der Waals surface area (Å²) in [5.74, 6) is -3.53. The Labute approximate surface area is 536 Å². The molecule has 0 bridgehead atoms. The lowest BCUT2D eigenvalue weighted by molar-refractivity contribution is -0.315. The molecule has 6 aliphatic rings. The van der Waals surface area contributed by atoms with Crippen LogP contribution >= 0.6 is 0 Å². The molecule has 4 saturated carbocycles. The minimum atomic E-state index is -1.57. The van der Waals surface area contributed by atoms with Gasteiger partial charge in [0.2, 0.25) is 0 Å². The van der Waals surface area contributed by atoms with Crippen LogP contribution in [0.5, 0.6) is 0 Å². The highest BCUT2D eigenvalue weighted by Gasteiger charge is 2.64. The molecule has 92 heavy (non-hydrogen) atoms. The van der Waals surface area contributed by atoms with E-state index in [4.69, 9.17) is 42.6 Å². The van der Waals surface area contributed by atoms with Crippen LogP contribution in [0.25, 0.3) is 0 Å². The Morgan fingerprint density at radius 1 is 0.565 bits per heavy atom. The molecule has 0 amide bonds. The van der Waals surface area contributed by atoms with Crippen molar-refractivity contribution in [3.63, 3.8) is 0 Å². The number of aliphatic hydroxyl groups excluding tert-OH is 2. The van der Waals surface area contributed by atoms with Gasteiger partial charge in [-0.15, -0.1) is 0 Å². The summed E-state index contributed by atoms with van der Waals surface area (Å²) in [6.45, 7) is 8.13. The van der Waals surface area contributed by atoms with Crippen molar-refractivity contribution in [1.29, 1.82) is 0 Å². The molecule has 18 heteroatoms. The molecule has 2 N–H and O–H groups in total. The van der Waals surface area contributed by atoms with Crippen molar-refractivity contribution in [2.45, 2.75) is 160 Å². The van der Waals surface area contributed by atoms with E-state index in [9.17, 15) is 43.8 Å². The molecule has 11 rings (SSSR count). The molecule has 2 saturated heterocycles. The van der Waals surface area contributed by atoms with Gasteiger partial charge >= 0.3 is 29.8 Å². The molecule has 4 aliphatic carbocycles. The van der Waals surface area contributed by atoms with E-state index in [1.807, 2.05) is 13.8 Å². The quantitative estimate of drug-likeness (QED) is 0.0394. The average Bonchev–Trinajstić information content (AvgIpc) is 1.43. The number of hydrogen-bond donors (Lipinski definition) is 2. The van der Waals surface area contributed by atoms with Gasteiger partial charge in [0.1, 0.15) is 42.6 Å². The van der Waals surface area contributed by atoms with E-state index >= 15 is 0 Å². The van der Waals surface area contributed by atoms with Gasteiger partial charge in [0, 0.05) is 31.1 Å². The first-order valence-electron chi connectivity index (χ1n) is 32.6. The van der Waals surface area contributed by atoms with E-state index in [0.29, 0.717) is 43.1 Å². The molecule has 19 atom stereocenters. The van der Waals surface area contributed by atoms with Crippen LogP contribution in [0.2, 0.25) is 0 Å². The lowest BCUT2D eigenvalue weighted by Crippen LogP contribution is -2.61. The third kappa shape index (κ3) is 14.5. The number of hydrogen-bond acceptors (Lipinski definition) is 18. The second-order valence-corrected chi connectivity index (χ2v) is 26.6. The van der Waals surface area contributed by atoms with Crippen LogP contribution in [0.15, 0.2) is 152 Å². The van der Waals surface area contributed by atoms with E-state index in [1.54, 1.807) is 152 Å². The third-order valence-electron chi connectivity index (χ3n) is 21.0. The monoisotopic (exact) mass is 1260 g/mol. The van der Waals surface area contributed by atoms with Crippen molar-refractivity contribution in [2.75, 3.05) is 19.8 Å². The lowest BCUT2D eigenvalue weighted by Gasteiger charge is -2.61. The van der Waals surface area contributed by atoms with Gasteiger partial charge in [-0.3, -0.25) is 9.59 Å². The number of Topliss-reactive ketones (excluding diaryl/α,β-unsaturated/α-hetero) is 2. The van der Waals surface area contributed by atoms with E-state index in [2.05, 4.69) is 13.8 Å². The van der Waals surface area contributed by atoms with Gasteiger partial charge in [-0.2, -0.15) is 0 Å². The Kier molecular flexibility index (Phi) is 21.0. The number of carbonyl (C=O) groups is 7. The molecule has 0 radical (unpaired) electrons. The minimum Gasteiger partial charge on any atom is -0.459 e. The fraction of sp³-hybridized carbons (Fsp3) is 0.500. The molecule has 18 nitrogen and oxygen atoms in total. The summed E-state index contributed by atoms with van der Waals surface area (Å²) in [5.41, 5.74) is 0.823. The molecule has 5 aromatic carbocycles. The van der Waals surface area contributed by atoms with Crippen LogP contribution < -0.4 is 0 Å². The van der Waals surface area contributed by atoms with Crippen LogP contribution in [-0.2, 0) is 52.2 Å². The van der Waals surface area contributed by atoms with Crippen molar-refractivity contribution < 1.29 is 86.4 Å². The van der Waals surface area contributed by atoms with Crippen LogP contribution in [0.3, 0.4) is 0 Å². The summed E-state index contributed by atoms with van der Waals surface area (Å²) >= 11 is 0. The van der Waals surface area contributed by atoms with Crippen molar-refractivity contribution in [1.82, 2.24) is 0 Å². The van der Waals surface area contributed by atoms with E-state index in [1.165, 1.54) is 0 Å². The van der Waals surface area contributed by atoms with Gasteiger partial charge in [0.05, 0.1) is 47.1 Å². The number of rotatable bonds is 21. The first-order chi connectivity index (χ1) is 44.4. The average molecular weight is 1260 g/mol. The fourth-order valence-corrected chi connectivity index (χ4v) is 16.0. The van der Waals surface area contributed by atoms with Gasteiger partial charge in [-0.05, 0) is 152 Å². The molecule has 13 unspecified atom stereocenters. The molecule has 0 aromatic heterocycles. The summed E-state index contributed by atoms with van der Waals surface area (Å²) in [6, 6.07) is 41.7. The highest BCUT2D eigenvalue weighted by atomic mass is 16.7. The van der Waals surface area contributed by atoms with Gasteiger partial charge in [-0.25, -0.2) is 24.0 Å². The Balaban J connectivity index is 0.714. The smallest absolute Gasteiger partial charge is 0.338 e. The molecule has 5 aromatic rings. The van der Waals surface area contributed by atoms with Gasteiger partial charge < -0.3 is 52.8 Å². The van der Waals surface area contributed by atoms with Crippen LogP contribution in [0.4, 0.5) is 0 Å². The van der Waals surface area contributed by atoms with E-state index in [0.717, 1.165) is 32.1 Å². The number of aliphatic hydroxyl groups is 2. The molecule has 6 fully saturated rings. The standard InChI is InChI=1S/C74H84O18/c1-44(42-86-72-65(92-70(83)50-28-18-9-19-29-50)63(90-68(81)48-24-14-7-15-25-48)58(36-39-84-72)88-67(80)47-22-12-6-13-23-47)30-33-56(75)45(2)60-57(76)41-55-53-32-31-51-40-52(34-37-73(51,3)54(53)35-38-74(55,60)4)87-71-62(78)64(91-69(82)49-26-16-8-17-27-49)61(77)59(89-71)43-85-66(79)46-20-10-5-11-21-46/h5-29,44-45,51-55,58-65,71-72,77-78H,30-43H2,1-4H3/t44-,45+,51?,52?,53?,54?,55?,58+,59?,60?,61+,62?,63?,64?,65?,71+,72-,73?,74?/m0/s1. The predicted octanol–water partition coefficient (Wildman–Crippen LogP) is 10.8. The van der Waals surface area contributed by atoms with Crippen molar-refractivity contribution in [3.8, 4) is 0 Å². The molecule has 2 aliphatic heterocycles. The number of carbonyl (C=O) groups excluding carboxylic acids is 7. The van der Waals surface area contributed by atoms with Crippen LogP contribution in [0, 0.1) is 52.3 Å². The summed E-state index contributed by atoms with van der Waals surface area (Å²) in [6.07, 6.45) is -5.78. The Bertz CT molecular complexity index is 3350. The number of esters is 5. The zero-order valence-electron chi connectivity index (χ0n) is 52.6.